The molecule has 0 amide bonds. The molecule has 0 fully saturated rings. The Morgan fingerprint density at radius 2 is 1.71 bits per heavy atom. The van der Waals surface area contributed by atoms with Crippen LogP contribution in [0.4, 0.5) is 8.78 Å². The summed E-state index contributed by atoms with van der Waals surface area (Å²) < 4.78 is 26.7. The molecule has 2 aromatic rings. The summed E-state index contributed by atoms with van der Waals surface area (Å²) in [6.45, 7) is 1.40. The minimum Gasteiger partial charge on any atom is -0.294 e. The van der Waals surface area contributed by atoms with Gasteiger partial charge < -0.3 is 0 Å². The molecule has 0 spiro atoms. The van der Waals surface area contributed by atoms with E-state index in [0.717, 1.165) is 18.2 Å². The topological polar surface area (TPSA) is 17.1 Å². The van der Waals surface area contributed by atoms with Gasteiger partial charge in [-0.2, -0.15) is 0 Å². The third kappa shape index (κ3) is 2.23. The summed E-state index contributed by atoms with van der Waals surface area (Å²) in [5.41, 5.74) is 0.907. The number of Topliss-reactive ketones (excluding diaryl/α,β-unsaturated/α-hetero) is 1. The van der Waals surface area contributed by atoms with Crippen LogP contribution in [-0.2, 0) is 0 Å². The molecule has 0 bridgehead atoms. The lowest BCUT2D eigenvalue weighted by molar-refractivity contribution is 0.101. The average molecular weight is 232 g/mol. The first-order chi connectivity index (χ1) is 8.09. The van der Waals surface area contributed by atoms with E-state index in [9.17, 15) is 13.6 Å². The molecule has 2 aromatic carbocycles. The maximum absolute atomic E-state index is 13.6. The van der Waals surface area contributed by atoms with Gasteiger partial charge in [-0.25, -0.2) is 8.78 Å². The summed E-state index contributed by atoms with van der Waals surface area (Å²) >= 11 is 0. The number of hydrogen-bond acceptors (Lipinski definition) is 1. The van der Waals surface area contributed by atoms with E-state index in [1.807, 2.05) is 0 Å². The maximum Gasteiger partial charge on any atom is 0.160 e. The summed E-state index contributed by atoms with van der Waals surface area (Å²) in [5.74, 6) is -1.25. The molecule has 0 aliphatic carbocycles. The SMILES string of the molecule is CC(=O)c1ccccc1-c1cc(F)ccc1F. The molecule has 0 saturated carbocycles. The van der Waals surface area contributed by atoms with E-state index in [1.54, 1.807) is 24.3 Å². The Labute approximate surface area is 97.7 Å². The molecule has 3 heteroatoms. The highest BCUT2D eigenvalue weighted by Crippen LogP contribution is 2.27. The fourth-order valence-electron chi connectivity index (χ4n) is 1.73. The zero-order valence-corrected chi connectivity index (χ0v) is 9.21. The summed E-state index contributed by atoms with van der Waals surface area (Å²) in [6.07, 6.45) is 0. The van der Waals surface area contributed by atoms with E-state index in [1.165, 1.54) is 6.92 Å². The minimum absolute atomic E-state index is 0.107. The van der Waals surface area contributed by atoms with Gasteiger partial charge in [0.2, 0.25) is 0 Å². The Morgan fingerprint density at radius 3 is 2.41 bits per heavy atom. The highest BCUT2D eigenvalue weighted by atomic mass is 19.1. The molecule has 0 saturated heterocycles. The molecule has 0 radical (unpaired) electrons. The number of carbonyl (C=O) groups is 1. The van der Waals surface area contributed by atoms with Crippen LogP contribution in [0, 0.1) is 11.6 Å². The quantitative estimate of drug-likeness (QED) is 0.719. The lowest BCUT2D eigenvalue weighted by Gasteiger charge is -2.08. The van der Waals surface area contributed by atoms with Crippen molar-refractivity contribution in [1.82, 2.24) is 0 Å². The van der Waals surface area contributed by atoms with Gasteiger partial charge in [0, 0.05) is 11.1 Å². The largest absolute Gasteiger partial charge is 0.294 e. The van der Waals surface area contributed by atoms with Crippen molar-refractivity contribution in [3.8, 4) is 11.1 Å². The Bertz CT molecular complexity index is 576. The highest BCUT2D eigenvalue weighted by molar-refractivity contribution is 6.00. The van der Waals surface area contributed by atoms with E-state index in [4.69, 9.17) is 0 Å². The molecule has 0 N–H and O–H groups in total. The lowest BCUT2D eigenvalue weighted by atomic mass is 9.97. The molecular weight excluding hydrogens is 222 g/mol. The predicted molar refractivity (Wildman–Crippen MR) is 61.8 cm³/mol. The van der Waals surface area contributed by atoms with Crippen LogP contribution >= 0.6 is 0 Å². The van der Waals surface area contributed by atoms with Crippen molar-refractivity contribution in [3.63, 3.8) is 0 Å². The van der Waals surface area contributed by atoms with Crippen LogP contribution in [-0.4, -0.2) is 5.78 Å². The van der Waals surface area contributed by atoms with Gasteiger partial charge in [-0.05, 0) is 30.7 Å². The number of halogens is 2. The van der Waals surface area contributed by atoms with Crippen molar-refractivity contribution < 1.29 is 13.6 Å². The summed E-state index contributed by atoms with van der Waals surface area (Å²) in [4.78, 5) is 11.4. The fourth-order valence-corrected chi connectivity index (χ4v) is 1.73. The molecule has 0 aromatic heterocycles. The van der Waals surface area contributed by atoms with Crippen LogP contribution in [0.1, 0.15) is 17.3 Å². The zero-order chi connectivity index (χ0) is 12.4. The van der Waals surface area contributed by atoms with Crippen LogP contribution in [0.5, 0.6) is 0 Å². The number of ketones is 1. The number of carbonyl (C=O) groups excluding carboxylic acids is 1. The molecule has 86 valence electrons. The normalized spacial score (nSPS) is 10.3. The van der Waals surface area contributed by atoms with E-state index in [0.29, 0.717) is 11.1 Å². The zero-order valence-electron chi connectivity index (χ0n) is 9.21. The van der Waals surface area contributed by atoms with Gasteiger partial charge in [0.05, 0.1) is 0 Å². The number of rotatable bonds is 2. The number of benzene rings is 2. The van der Waals surface area contributed by atoms with Gasteiger partial charge in [-0.15, -0.1) is 0 Å². The van der Waals surface area contributed by atoms with Gasteiger partial charge in [0.25, 0.3) is 0 Å². The first-order valence-corrected chi connectivity index (χ1v) is 5.15. The first kappa shape index (κ1) is 11.5. The van der Waals surface area contributed by atoms with Crippen molar-refractivity contribution >= 4 is 5.78 Å². The average Bonchev–Trinajstić information content (AvgIpc) is 2.32. The van der Waals surface area contributed by atoms with E-state index < -0.39 is 11.6 Å². The molecule has 0 aliphatic heterocycles. The second-order valence-electron chi connectivity index (χ2n) is 3.73. The molecule has 1 nitrogen and oxygen atoms in total. The third-order valence-corrected chi connectivity index (χ3v) is 2.52. The molecule has 0 heterocycles. The van der Waals surface area contributed by atoms with Gasteiger partial charge in [-0.3, -0.25) is 4.79 Å². The van der Waals surface area contributed by atoms with Crippen molar-refractivity contribution in [2.75, 3.05) is 0 Å². The summed E-state index contributed by atoms with van der Waals surface area (Å²) in [7, 11) is 0. The Kier molecular flexibility index (Phi) is 3.00. The Balaban J connectivity index is 2.68. The summed E-state index contributed by atoms with van der Waals surface area (Å²) in [5, 5.41) is 0. The lowest BCUT2D eigenvalue weighted by Crippen LogP contribution is -1.97. The molecular formula is C14H10F2O. The van der Waals surface area contributed by atoms with Gasteiger partial charge in [0.1, 0.15) is 11.6 Å². The number of hydrogen-bond donors (Lipinski definition) is 0. The van der Waals surface area contributed by atoms with Crippen LogP contribution in [0.15, 0.2) is 42.5 Å². The minimum atomic E-state index is -0.542. The van der Waals surface area contributed by atoms with Crippen LogP contribution in [0.25, 0.3) is 11.1 Å². The van der Waals surface area contributed by atoms with Gasteiger partial charge in [-0.1, -0.05) is 24.3 Å². The first-order valence-electron chi connectivity index (χ1n) is 5.15. The van der Waals surface area contributed by atoms with Gasteiger partial charge >= 0.3 is 0 Å². The predicted octanol–water partition coefficient (Wildman–Crippen LogP) is 3.83. The van der Waals surface area contributed by atoms with Crippen LogP contribution in [0.3, 0.4) is 0 Å². The van der Waals surface area contributed by atoms with E-state index in [2.05, 4.69) is 0 Å². The van der Waals surface area contributed by atoms with Crippen LogP contribution in [0.2, 0.25) is 0 Å². The molecule has 0 unspecified atom stereocenters. The third-order valence-electron chi connectivity index (χ3n) is 2.52. The molecule has 0 atom stereocenters. The monoisotopic (exact) mass is 232 g/mol. The fraction of sp³-hybridized carbons (Fsp3) is 0.0714. The highest BCUT2D eigenvalue weighted by Gasteiger charge is 2.12. The maximum atomic E-state index is 13.6. The second kappa shape index (κ2) is 4.45. The molecule has 17 heavy (non-hydrogen) atoms. The molecule has 0 aliphatic rings. The van der Waals surface area contributed by atoms with Gasteiger partial charge in [0.15, 0.2) is 5.78 Å². The molecule has 2 rings (SSSR count). The van der Waals surface area contributed by atoms with E-state index in [-0.39, 0.29) is 11.3 Å². The standard InChI is InChI=1S/C14H10F2O/c1-9(17)11-4-2-3-5-12(11)13-8-10(15)6-7-14(13)16/h2-8H,1H3. The smallest absolute Gasteiger partial charge is 0.160 e. The second-order valence-corrected chi connectivity index (χ2v) is 3.73. The van der Waals surface area contributed by atoms with Crippen molar-refractivity contribution in [1.29, 1.82) is 0 Å². The van der Waals surface area contributed by atoms with E-state index >= 15 is 0 Å². The Morgan fingerprint density at radius 1 is 1.00 bits per heavy atom. The Hall–Kier alpha value is -2.03. The van der Waals surface area contributed by atoms with Crippen molar-refractivity contribution in [3.05, 3.63) is 59.7 Å². The van der Waals surface area contributed by atoms with Crippen molar-refractivity contribution in [2.45, 2.75) is 6.92 Å². The van der Waals surface area contributed by atoms with Crippen LogP contribution < -0.4 is 0 Å². The van der Waals surface area contributed by atoms with Crippen molar-refractivity contribution in [2.24, 2.45) is 0 Å². The summed E-state index contributed by atoms with van der Waals surface area (Å²) in [6, 6.07) is 9.79.